The lowest BCUT2D eigenvalue weighted by atomic mass is 9.94. The molecule has 1 fully saturated rings. The van der Waals surface area contributed by atoms with Gasteiger partial charge in [-0.15, -0.1) is 0 Å². The van der Waals surface area contributed by atoms with Crippen molar-refractivity contribution in [3.63, 3.8) is 0 Å². The van der Waals surface area contributed by atoms with Crippen LogP contribution in [0.1, 0.15) is 56.7 Å². The molecule has 1 atom stereocenters. The van der Waals surface area contributed by atoms with E-state index in [2.05, 4.69) is 63.6 Å². The van der Waals surface area contributed by atoms with Gasteiger partial charge in [0.15, 0.2) is 0 Å². The van der Waals surface area contributed by atoms with E-state index < -0.39 is 0 Å². The maximum absolute atomic E-state index is 3.87. The van der Waals surface area contributed by atoms with E-state index in [1.165, 1.54) is 66.0 Å². The van der Waals surface area contributed by atoms with E-state index in [4.69, 9.17) is 0 Å². The van der Waals surface area contributed by atoms with Crippen LogP contribution in [0.25, 0.3) is 6.08 Å². The van der Waals surface area contributed by atoms with Crippen LogP contribution in [-0.4, -0.2) is 13.1 Å². The number of anilines is 2. The van der Waals surface area contributed by atoms with E-state index in [-0.39, 0.29) is 0 Å². The summed E-state index contributed by atoms with van der Waals surface area (Å²) in [6.07, 6.45) is 7.92. The molecule has 1 aromatic carbocycles. The third kappa shape index (κ3) is 3.80. The second-order valence-electron chi connectivity index (χ2n) is 6.87. The van der Waals surface area contributed by atoms with Gasteiger partial charge in [0.25, 0.3) is 0 Å². The minimum absolute atomic E-state index is 0.616. The third-order valence-corrected chi connectivity index (χ3v) is 5.21. The molecular weight excluding hydrogens is 280 g/mol. The Morgan fingerprint density at radius 1 is 1.35 bits per heavy atom. The SMILES string of the molecule is C=CNc1c(/C=C(/C)C(C)CC)cc(C)c(N2CCCC2)c1C. The Morgan fingerprint density at radius 3 is 2.57 bits per heavy atom. The van der Waals surface area contributed by atoms with Crippen molar-refractivity contribution in [1.82, 2.24) is 0 Å². The number of hydrogen-bond donors (Lipinski definition) is 1. The molecule has 23 heavy (non-hydrogen) atoms. The molecule has 2 rings (SSSR count). The van der Waals surface area contributed by atoms with Crippen molar-refractivity contribution in [2.24, 2.45) is 5.92 Å². The number of rotatable bonds is 6. The fourth-order valence-corrected chi connectivity index (χ4v) is 3.55. The van der Waals surface area contributed by atoms with Gasteiger partial charge >= 0.3 is 0 Å². The average Bonchev–Trinajstić information content (AvgIpc) is 3.04. The molecule has 1 unspecified atom stereocenters. The number of nitrogens with zero attached hydrogens (tertiary/aromatic N) is 1. The van der Waals surface area contributed by atoms with Gasteiger partial charge in [-0.05, 0) is 74.9 Å². The van der Waals surface area contributed by atoms with Crippen molar-refractivity contribution in [1.29, 1.82) is 0 Å². The van der Waals surface area contributed by atoms with Gasteiger partial charge < -0.3 is 10.2 Å². The topological polar surface area (TPSA) is 15.3 Å². The number of hydrogen-bond acceptors (Lipinski definition) is 2. The van der Waals surface area contributed by atoms with Gasteiger partial charge in [-0.1, -0.05) is 32.1 Å². The molecule has 0 radical (unpaired) electrons. The molecular formula is C21H32N2. The number of nitrogens with one attached hydrogen (secondary N) is 1. The highest BCUT2D eigenvalue weighted by Gasteiger charge is 2.20. The highest BCUT2D eigenvalue weighted by Crippen LogP contribution is 2.37. The predicted molar refractivity (Wildman–Crippen MR) is 104 cm³/mol. The van der Waals surface area contributed by atoms with Crippen LogP contribution in [0.5, 0.6) is 0 Å². The molecule has 1 heterocycles. The van der Waals surface area contributed by atoms with Crippen molar-refractivity contribution < 1.29 is 0 Å². The van der Waals surface area contributed by atoms with Gasteiger partial charge in [-0.3, -0.25) is 0 Å². The summed E-state index contributed by atoms with van der Waals surface area (Å²) < 4.78 is 0. The molecule has 126 valence electrons. The lowest BCUT2D eigenvalue weighted by Gasteiger charge is -2.26. The second-order valence-corrected chi connectivity index (χ2v) is 6.87. The average molecular weight is 313 g/mol. The van der Waals surface area contributed by atoms with Gasteiger partial charge in [-0.25, -0.2) is 0 Å². The van der Waals surface area contributed by atoms with Crippen LogP contribution in [0.2, 0.25) is 0 Å². The van der Waals surface area contributed by atoms with Gasteiger partial charge in [0.05, 0.1) is 5.69 Å². The summed E-state index contributed by atoms with van der Waals surface area (Å²) >= 11 is 0. The van der Waals surface area contributed by atoms with Crippen LogP contribution in [-0.2, 0) is 0 Å². The van der Waals surface area contributed by atoms with Crippen molar-refractivity contribution in [2.45, 2.75) is 53.9 Å². The Kier molecular flexibility index (Phi) is 5.92. The van der Waals surface area contributed by atoms with Crippen LogP contribution >= 0.6 is 0 Å². The monoisotopic (exact) mass is 312 g/mol. The third-order valence-electron chi connectivity index (χ3n) is 5.21. The van der Waals surface area contributed by atoms with Crippen molar-refractivity contribution in [2.75, 3.05) is 23.3 Å². The molecule has 0 aliphatic carbocycles. The molecule has 1 aliphatic heterocycles. The molecule has 0 saturated carbocycles. The zero-order chi connectivity index (χ0) is 17.0. The van der Waals surface area contributed by atoms with Crippen LogP contribution in [0, 0.1) is 19.8 Å². The summed E-state index contributed by atoms with van der Waals surface area (Å²) in [5.41, 5.74) is 8.05. The van der Waals surface area contributed by atoms with Crippen LogP contribution in [0.4, 0.5) is 11.4 Å². The number of benzene rings is 1. The molecule has 0 spiro atoms. The summed E-state index contributed by atoms with van der Waals surface area (Å²) in [4.78, 5) is 2.54. The fourth-order valence-electron chi connectivity index (χ4n) is 3.55. The largest absolute Gasteiger partial charge is 0.371 e. The summed E-state index contributed by atoms with van der Waals surface area (Å²) in [6.45, 7) is 17.5. The Balaban J connectivity index is 2.52. The first-order valence-corrected chi connectivity index (χ1v) is 8.94. The first-order chi connectivity index (χ1) is 11.0. The van der Waals surface area contributed by atoms with Gasteiger partial charge in [0, 0.05) is 18.8 Å². The molecule has 1 aromatic rings. The van der Waals surface area contributed by atoms with Crippen molar-refractivity contribution in [3.8, 4) is 0 Å². The zero-order valence-corrected chi connectivity index (χ0v) is 15.5. The van der Waals surface area contributed by atoms with Crippen LogP contribution < -0.4 is 10.2 Å². The van der Waals surface area contributed by atoms with E-state index in [0.717, 1.165) is 0 Å². The van der Waals surface area contributed by atoms with E-state index >= 15 is 0 Å². The highest BCUT2D eigenvalue weighted by molar-refractivity contribution is 5.80. The van der Waals surface area contributed by atoms with E-state index in [1.807, 2.05) is 0 Å². The van der Waals surface area contributed by atoms with E-state index in [0.29, 0.717) is 5.92 Å². The molecule has 0 amide bonds. The Morgan fingerprint density at radius 2 is 2.00 bits per heavy atom. The van der Waals surface area contributed by atoms with Gasteiger partial charge in [0.1, 0.15) is 0 Å². The first-order valence-electron chi connectivity index (χ1n) is 8.94. The minimum atomic E-state index is 0.616. The lowest BCUT2D eigenvalue weighted by molar-refractivity contribution is 0.660. The normalized spacial score (nSPS) is 16.6. The number of allylic oxidation sites excluding steroid dienone is 1. The predicted octanol–water partition coefficient (Wildman–Crippen LogP) is 5.91. The Hall–Kier alpha value is -1.70. The summed E-state index contributed by atoms with van der Waals surface area (Å²) in [5.74, 6) is 0.616. The first kappa shape index (κ1) is 17.7. The van der Waals surface area contributed by atoms with E-state index in [9.17, 15) is 0 Å². The lowest BCUT2D eigenvalue weighted by Crippen LogP contribution is -2.20. The molecule has 1 aliphatic rings. The fraction of sp³-hybridized carbons (Fsp3) is 0.524. The zero-order valence-electron chi connectivity index (χ0n) is 15.5. The maximum Gasteiger partial charge on any atom is 0.0503 e. The molecule has 1 N–H and O–H groups in total. The van der Waals surface area contributed by atoms with Crippen LogP contribution in [0.3, 0.4) is 0 Å². The second kappa shape index (κ2) is 7.72. The van der Waals surface area contributed by atoms with Gasteiger partial charge in [0.2, 0.25) is 0 Å². The smallest absolute Gasteiger partial charge is 0.0503 e. The molecule has 0 bridgehead atoms. The van der Waals surface area contributed by atoms with Crippen LogP contribution in [0.15, 0.2) is 24.4 Å². The molecule has 0 aromatic heterocycles. The Labute approximate surface area is 142 Å². The Bertz CT molecular complexity index is 592. The van der Waals surface area contributed by atoms with Crippen molar-refractivity contribution >= 4 is 17.5 Å². The number of aryl methyl sites for hydroxylation is 1. The highest BCUT2D eigenvalue weighted by atomic mass is 15.1. The quantitative estimate of drug-likeness (QED) is 0.702. The molecule has 1 saturated heterocycles. The minimum Gasteiger partial charge on any atom is -0.371 e. The summed E-state index contributed by atoms with van der Waals surface area (Å²) in [7, 11) is 0. The summed E-state index contributed by atoms with van der Waals surface area (Å²) in [5, 5.41) is 3.39. The molecule has 2 nitrogen and oxygen atoms in total. The standard InChI is InChI=1S/C21H32N2/c1-7-15(3)16(4)13-19-14-17(5)21(23-11-9-10-12-23)18(6)20(19)22-8-2/h8,13-15,22H,2,7,9-12H2,1,3-6H3/b16-13-. The van der Waals surface area contributed by atoms with Gasteiger partial charge in [-0.2, -0.15) is 0 Å². The maximum atomic E-state index is 3.87. The molecule has 2 heteroatoms. The van der Waals surface area contributed by atoms with E-state index in [1.54, 1.807) is 6.20 Å². The van der Waals surface area contributed by atoms with Crippen molar-refractivity contribution in [3.05, 3.63) is 41.1 Å². The summed E-state index contributed by atoms with van der Waals surface area (Å²) in [6, 6.07) is 2.33.